The number of allylic oxidation sites excluding steroid dienone is 2. The molecule has 0 radical (unpaired) electrons. The monoisotopic (exact) mass is 428 g/mol. The molecular formula is C23H30N3O3S+. The number of thioether (sulfide) groups is 1. The Kier molecular flexibility index (Phi) is 5.96. The summed E-state index contributed by atoms with van der Waals surface area (Å²) in [4.78, 5) is 29.6. The van der Waals surface area contributed by atoms with Crippen LogP contribution in [0.5, 0.6) is 0 Å². The van der Waals surface area contributed by atoms with Gasteiger partial charge in [0.2, 0.25) is 0 Å². The van der Waals surface area contributed by atoms with Gasteiger partial charge in [-0.25, -0.2) is 9.59 Å². The van der Waals surface area contributed by atoms with E-state index in [1.165, 1.54) is 4.58 Å². The van der Waals surface area contributed by atoms with Crippen LogP contribution in [0.25, 0.3) is 0 Å². The fraction of sp³-hybridized carbons (Fsp3) is 0.478. The van der Waals surface area contributed by atoms with Gasteiger partial charge in [-0.15, -0.1) is 11.8 Å². The summed E-state index contributed by atoms with van der Waals surface area (Å²) >= 11 is 1.56. The van der Waals surface area contributed by atoms with Crippen molar-refractivity contribution < 1.29 is 19.3 Å². The maximum atomic E-state index is 12.6. The molecule has 0 fully saturated rings. The first-order valence-electron chi connectivity index (χ1n) is 10.1. The summed E-state index contributed by atoms with van der Waals surface area (Å²) in [5.74, 6) is -0.548. The van der Waals surface area contributed by atoms with Crippen molar-refractivity contribution in [2.75, 3.05) is 11.1 Å². The minimum absolute atomic E-state index is 0.0113. The second kappa shape index (κ2) is 8.02. The molecule has 2 aliphatic rings. The summed E-state index contributed by atoms with van der Waals surface area (Å²) in [5.41, 5.74) is 3.05. The van der Waals surface area contributed by atoms with Crippen LogP contribution in [0.2, 0.25) is 0 Å². The Labute approximate surface area is 182 Å². The lowest BCUT2D eigenvalue weighted by atomic mass is 9.78. The van der Waals surface area contributed by atoms with Gasteiger partial charge >= 0.3 is 11.9 Å². The Balaban J connectivity index is 1.84. The number of aliphatic carboxylic acids is 1. The molecule has 2 N–H and O–H groups in total. The average molecular weight is 429 g/mol. The van der Waals surface area contributed by atoms with Crippen LogP contribution in [0.4, 0.5) is 5.69 Å². The Hall–Kier alpha value is -2.41. The number of anilines is 1. The van der Waals surface area contributed by atoms with E-state index in [-0.39, 0.29) is 16.9 Å². The number of nitrogens with one attached hydrogen (secondary N) is 1. The lowest BCUT2D eigenvalue weighted by Crippen LogP contribution is -2.36. The second-order valence-corrected chi connectivity index (χ2v) is 10.7. The van der Waals surface area contributed by atoms with Crippen LogP contribution in [0.15, 0.2) is 39.9 Å². The van der Waals surface area contributed by atoms with Crippen molar-refractivity contribution in [2.45, 2.75) is 59.0 Å². The number of aliphatic imine (C=N–C) groups is 1. The Morgan fingerprint density at radius 3 is 2.43 bits per heavy atom. The predicted octanol–water partition coefficient (Wildman–Crippen LogP) is 4.42. The summed E-state index contributed by atoms with van der Waals surface area (Å²) < 4.78 is 1.49. The Bertz CT molecular complexity index is 953. The van der Waals surface area contributed by atoms with Crippen molar-refractivity contribution in [1.82, 2.24) is 0 Å². The zero-order valence-corrected chi connectivity index (χ0v) is 19.1. The van der Waals surface area contributed by atoms with Crippen molar-refractivity contribution >= 4 is 41.8 Å². The molecule has 3 rings (SSSR count). The van der Waals surface area contributed by atoms with E-state index in [2.05, 4.69) is 30.9 Å². The highest BCUT2D eigenvalue weighted by Gasteiger charge is 2.36. The normalized spacial score (nSPS) is 20.8. The molecule has 0 aromatic heterocycles. The SMILES string of the molecule is C=[N+](C(=O)c1ccc(NC2=C3SCC(C(=O)O)N=C3CC(C)(C)C2)cc1)C(C)(C)C. The molecule has 0 bridgehead atoms. The molecule has 1 aliphatic carbocycles. The van der Waals surface area contributed by atoms with Gasteiger partial charge in [0, 0.05) is 42.8 Å². The van der Waals surface area contributed by atoms with Crippen molar-refractivity contribution in [2.24, 2.45) is 10.4 Å². The first-order valence-corrected chi connectivity index (χ1v) is 11.0. The number of rotatable bonds is 4. The van der Waals surface area contributed by atoms with Crippen LogP contribution in [-0.2, 0) is 4.79 Å². The number of amides is 1. The van der Waals surface area contributed by atoms with Crippen LogP contribution in [0, 0.1) is 5.41 Å². The topological polar surface area (TPSA) is 81.8 Å². The third-order valence-electron chi connectivity index (χ3n) is 5.30. The highest BCUT2D eigenvalue weighted by atomic mass is 32.2. The minimum Gasteiger partial charge on any atom is -0.480 e. The second-order valence-electron chi connectivity index (χ2n) is 9.67. The van der Waals surface area contributed by atoms with Gasteiger partial charge in [0.25, 0.3) is 0 Å². The van der Waals surface area contributed by atoms with Crippen LogP contribution < -0.4 is 5.32 Å². The van der Waals surface area contributed by atoms with E-state index < -0.39 is 12.0 Å². The first-order chi connectivity index (χ1) is 13.9. The number of carbonyl (C=O) groups is 2. The zero-order valence-electron chi connectivity index (χ0n) is 18.3. The van der Waals surface area contributed by atoms with Gasteiger partial charge in [0.15, 0.2) is 11.6 Å². The van der Waals surface area contributed by atoms with Crippen LogP contribution in [0.3, 0.4) is 0 Å². The van der Waals surface area contributed by atoms with Crippen LogP contribution >= 0.6 is 11.8 Å². The maximum Gasteiger partial charge on any atom is 0.419 e. The van der Waals surface area contributed by atoms with E-state index in [0.29, 0.717) is 11.3 Å². The molecule has 7 heteroatoms. The Morgan fingerprint density at radius 2 is 1.87 bits per heavy atom. The molecule has 0 saturated heterocycles. The highest BCUT2D eigenvalue weighted by Crippen LogP contribution is 2.43. The van der Waals surface area contributed by atoms with Crippen molar-refractivity contribution in [3.8, 4) is 0 Å². The number of carboxylic acids is 1. The minimum atomic E-state index is -0.873. The van der Waals surface area contributed by atoms with E-state index in [9.17, 15) is 14.7 Å². The summed E-state index contributed by atoms with van der Waals surface area (Å²) in [6, 6.07) is 6.71. The van der Waals surface area contributed by atoms with Crippen LogP contribution in [-0.4, -0.2) is 51.3 Å². The van der Waals surface area contributed by atoms with Gasteiger partial charge in [-0.3, -0.25) is 4.99 Å². The van der Waals surface area contributed by atoms with E-state index in [0.717, 1.165) is 34.8 Å². The molecule has 1 heterocycles. The number of carbonyl (C=O) groups excluding carboxylic acids is 1. The number of nitrogens with zero attached hydrogens (tertiary/aromatic N) is 2. The zero-order chi connectivity index (χ0) is 22.3. The van der Waals surface area contributed by atoms with Gasteiger partial charge < -0.3 is 10.4 Å². The molecule has 1 aromatic rings. The molecule has 1 aromatic carbocycles. The third kappa shape index (κ3) is 4.83. The highest BCUT2D eigenvalue weighted by molar-refractivity contribution is 8.04. The number of fused-ring (bicyclic) bond motifs is 1. The van der Waals surface area contributed by atoms with E-state index in [1.807, 2.05) is 32.9 Å². The van der Waals surface area contributed by atoms with Crippen LogP contribution in [0.1, 0.15) is 57.8 Å². The van der Waals surface area contributed by atoms with Gasteiger partial charge in [-0.2, -0.15) is 4.58 Å². The first kappa shape index (κ1) is 22.3. The lowest BCUT2D eigenvalue weighted by Gasteiger charge is -2.36. The average Bonchev–Trinajstić information content (AvgIpc) is 2.65. The summed E-state index contributed by atoms with van der Waals surface area (Å²) in [7, 11) is 0. The van der Waals surface area contributed by atoms with Crippen molar-refractivity contribution in [1.29, 1.82) is 0 Å². The van der Waals surface area contributed by atoms with Gasteiger partial charge in [0.1, 0.15) is 6.72 Å². The predicted molar refractivity (Wildman–Crippen MR) is 123 cm³/mol. The van der Waals surface area contributed by atoms with Gasteiger partial charge in [-0.05, 0) is 42.5 Å². The Morgan fingerprint density at radius 1 is 1.23 bits per heavy atom. The quantitative estimate of drug-likeness (QED) is 0.548. The number of carboxylic acid groups (broad SMARTS) is 1. The van der Waals surface area contributed by atoms with Gasteiger partial charge in [0.05, 0.1) is 11.3 Å². The molecule has 0 saturated carbocycles. The van der Waals surface area contributed by atoms with E-state index in [1.54, 1.807) is 23.9 Å². The fourth-order valence-electron chi connectivity index (χ4n) is 3.55. The molecule has 1 unspecified atom stereocenters. The van der Waals surface area contributed by atoms with Gasteiger partial charge in [-0.1, -0.05) is 13.8 Å². The molecule has 0 spiro atoms. The molecule has 30 heavy (non-hydrogen) atoms. The number of benzene rings is 1. The van der Waals surface area contributed by atoms with Crippen molar-refractivity contribution in [3.63, 3.8) is 0 Å². The van der Waals surface area contributed by atoms with E-state index >= 15 is 0 Å². The lowest BCUT2D eigenvalue weighted by molar-refractivity contribution is -0.498. The largest absolute Gasteiger partial charge is 0.480 e. The molecular weight excluding hydrogens is 398 g/mol. The summed E-state index contributed by atoms with van der Waals surface area (Å²) in [5, 5.41) is 12.8. The van der Waals surface area contributed by atoms with Crippen molar-refractivity contribution in [3.05, 3.63) is 40.4 Å². The molecule has 160 valence electrons. The smallest absolute Gasteiger partial charge is 0.419 e. The maximum absolute atomic E-state index is 12.6. The number of hydrogen-bond acceptors (Lipinski definition) is 5. The standard InChI is InChI=1S/C23H29N3O3S/c1-22(2,3)26(6)20(27)14-7-9-15(10-8-14)24-16-11-23(4,5)12-17-19(16)30-13-18(25-17)21(28)29/h7-10,18H,6,11-13H2,1-5H3,(H-,24,25,27,28,29)/p+1. The molecule has 6 nitrogen and oxygen atoms in total. The fourth-order valence-corrected chi connectivity index (χ4v) is 4.68. The summed E-state index contributed by atoms with van der Waals surface area (Å²) in [6.07, 6.45) is 1.62. The molecule has 1 aliphatic heterocycles. The third-order valence-corrected chi connectivity index (χ3v) is 6.55. The molecule has 1 amide bonds. The number of hydrogen-bond donors (Lipinski definition) is 2. The van der Waals surface area contributed by atoms with E-state index in [4.69, 9.17) is 0 Å². The summed E-state index contributed by atoms with van der Waals surface area (Å²) in [6.45, 7) is 14.1. The molecule has 1 atom stereocenters.